The van der Waals surface area contributed by atoms with Crippen LogP contribution in [0.2, 0.25) is 0 Å². The Morgan fingerprint density at radius 2 is 2.00 bits per heavy atom. The van der Waals surface area contributed by atoms with Gasteiger partial charge in [0, 0.05) is 33.3 Å². The van der Waals surface area contributed by atoms with E-state index in [9.17, 15) is 0 Å². The van der Waals surface area contributed by atoms with Crippen molar-refractivity contribution in [3.8, 4) is 0 Å². The Hall–Kier alpha value is -0.900. The van der Waals surface area contributed by atoms with Crippen molar-refractivity contribution in [1.82, 2.24) is 10.2 Å². The summed E-state index contributed by atoms with van der Waals surface area (Å²) in [7, 11) is 3.87. The molecule has 1 N–H and O–H groups in total. The zero-order valence-corrected chi connectivity index (χ0v) is 12.1. The summed E-state index contributed by atoms with van der Waals surface area (Å²) < 4.78 is 5.05. The molecule has 102 valence electrons. The quantitative estimate of drug-likeness (QED) is 0.714. The largest absolute Gasteiger partial charge is 0.383 e. The van der Waals surface area contributed by atoms with Crippen molar-refractivity contribution in [2.75, 3.05) is 40.4 Å². The molecule has 0 saturated carbocycles. The van der Waals surface area contributed by atoms with Gasteiger partial charge in [-0.3, -0.25) is 0 Å². The van der Waals surface area contributed by atoms with Crippen molar-refractivity contribution in [1.29, 1.82) is 0 Å². The first-order chi connectivity index (χ1) is 8.63. The summed E-state index contributed by atoms with van der Waals surface area (Å²) in [5.74, 6) is 0. The smallest absolute Gasteiger partial charge is 0.0589 e. The molecule has 0 fully saturated rings. The predicted molar refractivity (Wildman–Crippen MR) is 77.0 cm³/mol. The maximum atomic E-state index is 5.05. The van der Waals surface area contributed by atoms with Gasteiger partial charge in [0.05, 0.1) is 6.61 Å². The molecule has 3 nitrogen and oxygen atoms in total. The molecular weight excluding hydrogens is 224 g/mol. The minimum absolute atomic E-state index is 0.799. The second-order valence-corrected chi connectivity index (χ2v) is 4.90. The summed E-state index contributed by atoms with van der Waals surface area (Å²) in [5, 5.41) is 3.49. The Bertz CT molecular complexity index is 352. The number of methoxy groups -OCH3 is 1. The average Bonchev–Trinajstić information content (AvgIpc) is 2.34. The third-order valence-corrected chi connectivity index (χ3v) is 3.16. The maximum absolute atomic E-state index is 5.05. The molecular formula is C15H26N2O. The van der Waals surface area contributed by atoms with Crippen LogP contribution in [-0.4, -0.2) is 45.3 Å². The lowest BCUT2D eigenvalue weighted by molar-refractivity contribution is 0.161. The van der Waals surface area contributed by atoms with Gasteiger partial charge in [-0.05, 0) is 32.0 Å². The van der Waals surface area contributed by atoms with Crippen LogP contribution in [0.1, 0.15) is 16.7 Å². The first-order valence-electron chi connectivity index (χ1n) is 6.58. The highest BCUT2D eigenvalue weighted by Gasteiger charge is 2.00. The molecule has 0 unspecified atom stereocenters. The van der Waals surface area contributed by atoms with Gasteiger partial charge in [-0.15, -0.1) is 0 Å². The summed E-state index contributed by atoms with van der Waals surface area (Å²) in [5.41, 5.74) is 4.09. The molecule has 0 atom stereocenters. The van der Waals surface area contributed by atoms with E-state index in [4.69, 9.17) is 4.74 Å². The monoisotopic (exact) mass is 250 g/mol. The van der Waals surface area contributed by atoms with Gasteiger partial charge in [-0.1, -0.05) is 23.8 Å². The van der Waals surface area contributed by atoms with Crippen LogP contribution >= 0.6 is 0 Å². The molecule has 1 aromatic rings. The number of aryl methyl sites for hydroxylation is 2. The predicted octanol–water partition coefficient (Wildman–Crippen LogP) is 1.97. The molecule has 18 heavy (non-hydrogen) atoms. The third-order valence-electron chi connectivity index (χ3n) is 3.16. The number of ether oxygens (including phenoxy) is 1. The second kappa shape index (κ2) is 8.25. The standard InChI is InChI=1S/C15H26N2O/c1-13-5-6-15(14(2)11-13)12-16-7-8-17(3)9-10-18-4/h5-6,11,16H,7-10,12H2,1-4H3. The SMILES string of the molecule is COCCN(C)CCNCc1ccc(C)cc1C. The highest BCUT2D eigenvalue weighted by atomic mass is 16.5. The number of nitrogens with one attached hydrogen (secondary N) is 1. The van der Waals surface area contributed by atoms with Crippen LogP contribution in [-0.2, 0) is 11.3 Å². The van der Waals surface area contributed by atoms with Crippen molar-refractivity contribution in [3.05, 3.63) is 34.9 Å². The number of hydrogen-bond donors (Lipinski definition) is 1. The van der Waals surface area contributed by atoms with Gasteiger partial charge in [0.1, 0.15) is 0 Å². The van der Waals surface area contributed by atoms with Crippen LogP contribution in [0.25, 0.3) is 0 Å². The average molecular weight is 250 g/mol. The molecule has 0 radical (unpaired) electrons. The Morgan fingerprint density at radius 3 is 2.67 bits per heavy atom. The molecule has 3 heteroatoms. The minimum atomic E-state index is 0.799. The Morgan fingerprint density at radius 1 is 1.22 bits per heavy atom. The van der Waals surface area contributed by atoms with Crippen LogP contribution in [0, 0.1) is 13.8 Å². The van der Waals surface area contributed by atoms with Crippen molar-refractivity contribution in [2.24, 2.45) is 0 Å². The third kappa shape index (κ3) is 5.63. The molecule has 1 rings (SSSR count). The van der Waals surface area contributed by atoms with E-state index in [2.05, 4.69) is 49.3 Å². The van der Waals surface area contributed by atoms with Crippen molar-refractivity contribution in [2.45, 2.75) is 20.4 Å². The van der Waals surface area contributed by atoms with E-state index in [0.29, 0.717) is 0 Å². The fourth-order valence-corrected chi connectivity index (χ4v) is 1.90. The summed E-state index contributed by atoms with van der Waals surface area (Å²) in [4.78, 5) is 2.28. The fraction of sp³-hybridized carbons (Fsp3) is 0.600. The van der Waals surface area contributed by atoms with Crippen LogP contribution < -0.4 is 5.32 Å². The molecule has 1 aromatic carbocycles. The maximum Gasteiger partial charge on any atom is 0.0589 e. The van der Waals surface area contributed by atoms with Crippen LogP contribution in [0.3, 0.4) is 0 Å². The zero-order valence-electron chi connectivity index (χ0n) is 12.1. The topological polar surface area (TPSA) is 24.5 Å². The molecule has 0 saturated heterocycles. The van der Waals surface area contributed by atoms with Gasteiger partial charge < -0.3 is 15.0 Å². The lowest BCUT2D eigenvalue weighted by atomic mass is 10.1. The highest BCUT2D eigenvalue weighted by molar-refractivity contribution is 5.30. The molecule has 0 aliphatic heterocycles. The molecule has 0 spiro atoms. The summed E-state index contributed by atoms with van der Waals surface area (Å²) in [6.45, 7) is 9.10. The first kappa shape index (κ1) is 15.2. The van der Waals surface area contributed by atoms with Gasteiger partial charge in [-0.2, -0.15) is 0 Å². The van der Waals surface area contributed by atoms with E-state index in [-0.39, 0.29) is 0 Å². The van der Waals surface area contributed by atoms with Gasteiger partial charge in [0.25, 0.3) is 0 Å². The van der Waals surface area contributed by atoms with E-state index in [1.165, 1.54) is 16.7 Å². The zero-order chi connectivity index (χ0) is 13.4. The van der Waals surface area contributed by atoms with Crippen LogP contribution in [0.4, 0.5) is 0 Å². The van der Waals surface area contributed by atoms with Crippen LogP contribution in [0.5, 0.6) is 0 Å². The van der Waals surface area contributed by atoms with Crippen molar-refractivity contribution >= 4 is 0 Å². The lowest BCUT2D eigenvalue weighted by Gasteiger charge is -2.16. The van der Waals surface area contributed by atoms with Gasteiger partial charge in [-0.25, -0.2) is 0 Å². The van der Waals surface area contributed by atoms with Gasteiger partial charge in [0.15, 0.2) is 0 Å². The molecule has 0 aliphatic carbocycles. The van der Waals surface area contributed by atoms with E-state index in [1.807, 2.05) is 0 Å². The normalized spacial score (nSPS) is 11.2. The molecule has 0 aromatic heterocycles. The van der Waals surface area contributed by atoms with E-state index < -0.39 is 0 Å². The second-order valence-electron chi connectivity index (χ2n) is 4.90. The summed E-state index contributed by atoms with van der Waals surface area (Å²) in [6, 6.07) is 6.63. The van der Waals surface area contributed by atoms with Crippen molar-refractivity contribution in [3.63, 3.8) is 0 Å². The first-order valence-corrected chi connectivity index (χ1v) is 6.58. The van der Waals surface area contributed by atoms with E-state index in [1.54, 1.807) is 7.11 Å². The van der Waals surface area contributed by atoms with Crippen molar-refractivity contribution < 1.29 is 4.74 Å². The summed E-state index contributed by atoms with van der Waals surface area (Å²) >= 11 is 0. The lowest BCUT2D eigenvalue weighted by Crippen LogP contribution is -2.31. The number of rotatable bonds is 8. The highest BCUT2D eigenvalue weighted by Crippen LogP contribution is 2.09. The van der Waals surface area contributed by atoms with E-state index >= 15 is 0 Å². The molecule has 0 heterocycles. The molecule has 0 aliphatic rings. The van der Waals surface area contributed by atoms with Crippen LogP contribution in [0.15, 0.2) is 18.2 Å². The number of nitrogens with zero attached hydrogens (tertiary/aromatic N) is 1. The van der Waals surface area contributed by atoms with E-state index in [0.717, 1.165) is 32.8 Å². The number of hydrogen-bond acceptors (Lipinski definition) is 3. The summed E-state index contributed by atoms with van der Waals surface area (Å²) in [6.07, 6.45) is 0. The molecule has 0 bridgehead atoms. The number of likely N-dealkylation sites (N-methyl/N-ethyl adjacent to an activating group) is 1. The van der Waals surface area contributed by atoms with Gasteiger partial charge in [0.2, 0.25) is 0 Å². The minimum Gasteiger partial charge on any atom is -0.383 e. The molecule has 0 amide bonds. The number of benzene rings is 1. The Labute approximate surface area is 111 Å². The van der Waals surface area contributed by atoms with Gasteiger partial charge >= 0.3 is 0 Å². The fourth-order valence-electron chi connectivity index (χ4n) is 1.90. The Kier molecular flexibility index (Phi) is 6.94. The Balaban J connectivity index is 2.21.